The van der Waals surface area contributed by atoms with Gasteiger partial charge in [0.15, 0.2) is 16.8 Å². The van der Waals surface area contributed by atoms with Crippen LogP contribution in [0.3, 0.4) is 0 Å². The molecule has 3 rings (SSSR count). The Bertz CT molecular complexity index is 975. The van der Waals surface area contributed by atoms with Gasteiger partial charge < -0.3 is 4.74 Å². The van der Waals surface area contributed by atoms with Crippen LogP contribution < -0.4 is 4.74 Å². The molecule has 3 aromatic rings. The summed E-state index contributed by atoms with van der Waals surface area (Å²) in [5, 5.41) is 8.67. The third-order valence-corrected chi connectivity index (χ3v) is 5.16. The van der Waals surface area contributed by atoms with Gasteiger partial charge in [-0.2, -0.15) is 8.78 Å². The fourth-order valence-corrected chi connectivity index (χ4v) is 3.65. The maximum Gasteiger partial charge on any atom is 0.387 e. The minimum atomic E-state index is -2.90. The minimum Gasteiger partial charge on any atom is -0.435 e. The Morgan fingerprint density at radius 2 is 1.86 bits per heavy atom. The highest BCUT2D eigenvalue weighted by atomic mass is 32.2. The van der Waals surface area contributed by atoms with Crippen LogP contribution in [0.5, 0.6) is 5.75 Å². The van der Waals surface area contributed by atoms with Crippen molar-refractivity contribution in [3.63, 3.8) is 0 Å². The molecule has 150 valence electrons. The first-order valence-electron chi connectivity index (χ1n) is 8.85. The van der Waals surface area contributed by atoms with E-state index in [1.54, 1.807) is 13.0 Å². The molecule has 0 fully saturated rings. The fourth-order valence-electron chi connectivity index (χ4n) is 2.72. The standard InChI is InChI=1S/C21H19F2N3O2S/c1-3-13-26-19(16-7-5-4-6-8-16)24-25-21(26)29-14(2)18(27)15-9-11-17(12-10-15)28-20(22)23/h3-12,14,20H,1,13H2,2H3/t14-/m0/s1. The van der Waals surface area contributed by atoms with Crippen LogP contribution in [0.25, 0.3) is 11.4 Å². The van der Waals surface area contributed by atoms with E-state index in [9.17, 15) is 13.6 Å². The Balaban J connectivity index is 1.77. The lowest BCUT2D eigenvalue weighted by atomic mass is 10.1. The van der Waals surface area contributed by atoms with Crippen molar-refractivity contribution in [1.29, 1.82) is 0 Å². The first-order valence-corrected chi connectivity index (χ1v) is 9.73. The van der Waals surface area contributed by atoms with E-state index in [0.717, 1.165) is 5.56 Å². The molecule has 0 N–H and O–H groups in total. The van der Waals surface area contributed by atoms with Crippen LogP contribution in [0.1, 0.15) is 17.3 Å². The molecule has 0 aliphatic heterocycles. The van der Waals surface area contributed by atoms with Crippen molar-refractivity contribution in [3.8, 4) is 17.1 Å². The second kappa shape index (κ2) is 9.47. The van der Waals surface area contributed by atoms with Gasteiger partial charge in [0.05, 0.1) is 5.25 Å². The van der Waals surface area contributed by atoms with Gasteiger partial charge in [-0.05, 0) is 31.2 Å². The molecule has 5 nitrogen and oxygen atoms in total. The average Bonchev–Trinajstić information content (AvgIpc) is 3.11. The van der Waals surface area contributed by atoms with Crippen LogP contribution in [0.2, 0.25) is 0 Å². The van der Waals surface area contributed by atoms with Crippen LogP contribution in [0.4, 0.5) is 8.78 Å². The highest BCUT2D eigenvalue weighted by Gasteiger charge is 2.21. The molecule has 0 aliphatic rings. The molecule has 8 heteroatoms. The smallest absolute Gasteiger partial charge is 0.387 e. The maximum absolute atomic E-state index is 12.7. The zero-order chi connectivity index (χ0) is 20.8. The van der Waals surface area contributed by atoms with Gasteiger partial charge in [-0.3, -0.25) is 9.36 Å². The predicted molar refractivity (Wildman–Crippen MR) is 108 cm³/mol. The molecule has 0 radical (unpaired) electrons. The first-order chi connectivity index (χ1) is 14.0. The van der Waals surface area contributed by atoms with Crippen LogP contribution >= 0.6 is 11.8 Å². The summed E-state index contributed by atoms with van der Waals surface area (Å²) in [5.74, 6) is 0.559. The van der Waals surface area contributed by atoms with Crippen molar-refractivity contribution in [2.75, 3.05) is 0 Å². The number of halogens is 2. The molecule has 0 unspecified atom stereocenters. The van der Waals surface area contributed by atoms with E-state index in [1.807, 2.05) is 34.9 Å². The Kier molecular flexibility index (Phi) is 6.77. The number of alkyl halides is 2. The third-order valence-electron chi connectivity index (χ3n) is 4.08. The number of Topliss-reactive ketones (excluding diaryl/α,β-unsaturated/α-hetero) is 1. The number of carbonyl (C=O) groups excluding carboxylic acids is 1. The van der Waals surface area contributed by atoms with Crippen LogP contribution in [-0.4, -0.2) is 32.4 Å². The van der Waals surface area contributed by atoms with Crippen molar-refractivity contribution >= 4 is 17.5 Å². The van der Waals surface area contributed by atoms with Gasteiger partial charge in [-0.1, -0.05) is 48.2 Å². The molecule has 1 aromatic heterocycles. The van der Waals surface area contributed by atoms with Crippen LogP contribution in [0.15, 0.2) is 72.4 Å². The van der Waals surface area contributed by atoms with Gasteiger partial charge in [0.2, 0.25) is 0 Å². The molecule has 0 spiro atoms. The molecular weight excluding hydrogens is 396 g/mol. The molecule has 0 saturated heterocycles. The second-order valence-electron chi connectivity index (χ2n) is 6.10. The third kappa shape index (κ3) is 5.08. The Labute approximate surface area is 171 Å². The summed E-state index contributed by atoms with van der Waals surface area (Å²) in [6, 6.07) is 15.3. The van der Waals surface area contributed by atoms with E-state index < -0.39 is 11.9 Å². The van der Waals surface area contributed by atoms with Gasteiger partial charge in [0.1, 0.15) is 5.75 Å². The zero-order valence-corrected chi connectivity index (χ0v) is 16.5. The number of nitrogens with zero attached hydrogens (tertiary/aromatic N) is 3. The highest BCUT2D eigenvalue weighted by Crippen LogP contribution is 2.28. The lowest BCUT2D eigenvalue weighted by Gasteiger charge is -2.12. The Morgan fingerprint density at radius 3 is 2.48 bits per heavy atom. The summed E-state index contributed by atoms with van der Waals surface area (Å²) in [5.41, 5.74) is 1.33. The molecular formula is C21H19F2N3O2S. The number of aromatic nitrogens is 3. The van der Waals surface area contributed by atoms with Gasteiger partial charge in [-0.25, -0.2) is 0 Å². The Hall–Kier alpha value is -3.00. The van der Waals surface area contributed by atoms with Crippen LogP contribution in [0, 0.1) is 0 Å². The van der Waals surface area contributed by atoms with E-state index >= 15 is 0 Å². The minimum absolute atomic E-state index is 0.00934. The first kappa shape index (κ1) is 20.7. The highest BCUT2D eigenvalue weighted by molar-refractivity contribution is 8.00. The maximum atomic E-state index is 12.7. The number of carbonyl (C=O) groups is 1. The Morgan fingerprint density at radius 1 is 1.17 bits per heavy atom. The van der Waals surface area contributed by atoms with Crippen molar-refractivity contribution in [3.05, 3.63) is 72.8 Å². The monoisotopic (exact) mass is 415 g/mol. The van der Waals surface area contributed by atoms with E-state index in [-0.39, 0.29) is 11.5 Å². The second-order valence-corrected chi connectivity index (χ2v) is 7.41. The molecule has 2 aromatic carbocycles. The number of thioether (sulfide) groups is 1. The topological polar surface area (TPSA) is 57.0 Å². The van der Waals surface area contributed by atoms with Gasteiger partial charge >= 0.3 is 6.61 Å². The normalized spacial score (nSPS) is 12.0. The quantitative estimate of drug-likeness (QED) is 0.277. The van der Waals surface area contributed by atoms with Gasteiger partial charge in [0.25, 0.3) is 0 Å². The van der Waals surface area contributed by atoms with E-state index in [2.05, 4.69) is 21.5 Å². The van der Waals surface area contributed by atoms with E-state index in [0.29, 0.717) is 23.1 Å². The largest absolute Gasteiger partial charge is 0.435 e. The summed E-state index contributed by atoms with van der Waals surface area (Å²) in [6.45, 7) is 3.15. The van der Waals surface area contributed by atoms with Gasteiger partial charge in [-0.15, -0.1) is 16.8 Å². The van der Waals surface area contributed by atoms with Crippen molar-refractivity contribution in [2.24, 2.45) is 0 Å². The summed E-state index contributed by atoms with van der Waals surface area (Å²) >= 11 is 1.28. The lowest BCUT2D eigenvalue weighted by Crippen LogP contribution is -2.15. The SMILES string of the molecule is C=CCn1c(S[C@@H](C)C(=O)c2ccc(OC(F)F)cc2)nnc1-c1ccccc1. The molecule has 0 aliphatic carbocycles. The number of rotatable bonds is 9. The van der Waals surface area contributed by atoms with Crippen LogP contribution in [-0.2, 0) is 6.54 Å². The summed E-state index contributed by atoms with van der Waals surface area (Å²) in [7, 11) is 0. The molecule has 0 saturated carbocycles. The van der Waals surface area contributed by atoms with E-state index in [4.69, 9.17) is 0 Å². The number of allylic oxidation sites excluding steroid dienone is 1. The molecule has 1 heterocycles. The predicted octanol–water partition coefficient (Wildman–Crippen LogP) is 5.10. The number of ether oxygens (including phenoxy) is 1. The average molecular weight is 415 g/mol. The molecule has 0 amide bonds. The molecule has 29 heavy (non-hydrogen) atoms. The number of benzene rings is 2. The van der Waals surface area contributed by atoms with Gasteiger partial charge in [0, 0.05) is 17.7 Å². The van der Waals surface area contributed by atoms with Crippen molar-refractivity contribution < 1.29 is 18.3 Å². The number of ketones is 1. The number of hydrogen-bond donors (Lipinski definition) is 0. The fraction of sp³-hybridized carbons (Fsp3) is 0.190. The van der Waals surface area contributed by atoms with Crippen molar-refractivity contribution in [2.45, 2.75) is 30.5 Å². The van der Waals surface area contributed by atoms with E-state index in [1.165, 1.54) is 36.0 Å². The number of hydrogen-bond acceptors (Lipinski definition) is 5. The molecule has 0 bridgehead atoms. The summed E-state index contributed by atoms with van der Waals surface area (Å²) in [4.78, 5) is 12.7. The molecule has 1 atom stereocenters. The van der Waals surface area contributed by atoms with Crippen molar-refractivity contribution in [1.82, 2.24) is 14.8 Å². The summed E-state index contributed by atoms with van der Waals surface area (Å²) in [6.07, 6.45) is 1.74. The zero-order valence-electron chi connectivity index (χ0n) is 15.7. The lowest BCUT2D eigenvalue weighted by molar-refractivity contribution is -0.0498. The summed E-state index contributed by atoms with van der Waals surface area (Å²) < 4.78 is 30.7.